The molecule has 2 rings (SSSR count). The summed E-state index contributed by atoms with van der Waals surface area (Å²) in [5.74, 6) is 0. The van der Waals surface area contributed by atoms with Crippen LogP contribution in [0.25, 0.3) is 0 Å². The van der Waals surface area contributed by atoms with Crippen LogP contribution >= 0.6 is 0 Å². The van der Waals surface area contributed by atoms with Gasteiger partial charge in [-0.3, -0.25) is 4.28 Å². The van der Waals surface area contributed by atoms with E-state index >= 15 is 0 Å². The van der Waals surface area contributed by atoms with Crippen molar-refractivity contribution >= 4 is 15.8 Å². The van der Waals surface area contributed by atoms with Crippen molar-refractivity contribution in [2.75, 3.05) is 6.26 Å². The predicted molar refractivity (Wildman–Crippen MR) is 84.5 cm³/mol. The normalized spacial score (nSPS) is 12.6. The summed E-state index contributed by atoms with van der Waals surface area (Å²) in [4.78, 5) is 0. The van der Waals surface area contributed by atoms with Crippen LogP contribution in [0.1, 0.15) is 22.3 Å². The van der Waals surface area contributed by atoms with E-state index in [9.17, 15) is 34.8 Å². The summed E-state index contributed by atoms with van der Waals surface area (Å²) in [6.45, 7) is 0. The Morgan fingerprint density at radius 1 is 0.778 bits per heavy atom. The van der Waals surface area contributed by atoms with Gasteiger partial charge in [-0.2, -0.15) is 34.8 Å². The highest BCUT2D eigenvalue weighted by atomic mass is 32.2. The van der Waals surface area contributed by atoms with Crippen LogP contribution in [-0.4, -0.2) is 20.4 Å². The average molecular weight is 411 g/mol. The highest BCUT2D eigenvalue weighted by Gasteiger charge is 2.31. The van der Waals surface area contributed by atoms with Gasteiger partial charge in [-0.15, -0.1) is 0 Å². The average Bonchev–Trinajstić information content (AvgIpc) is 2.53. The van der Waals surface area contributed by atoms with Gasteiger partial charge in [0.05, 0.1) is 17.4 Å². The Balaban J connectivity index is 2.49. The molecule has 0 unspecified atom stereocenters. The molecule has 0 heterocycles. The molecular formula is C16H11F6NO3S. The lowest BCUT2D eigenvalue weighted by atomic mass is 10.00. The van der Waals surface area contributed by atoms with Crippen LogP contribution in [0.2, 0.25) is 0 Å². The van der Waals surface area contributed by atoms with Crippen molar-refractivity contribution in [1.29, 1.82) is 0 Å². The third-order valence-corrected chi connectivity index (χ3v) is 3.58. The largest absolute Gasteiger partial charge is 0.416 e. The van der Waals surface area contributed by atoms with E-state index in [4.69, 9.17) is 0 Å². The number of oxime groups is 1. The molecule has 11 heteroatoms. The van der Waals surface area contributed by atoms with Crippen LogP contribution in [0.5, 0.6) is 0 Å². The summed E-state index contributed by atoms with van der Waals surface area (Å²) in [5.41, 5.74) is -2.12. The molecule has 0 fully saturated rings. The molecule has 0 amide bonds. The molecule has 0 saturated heterocycles. The van der Waals surface area contributed by atoms with Gasteiger partial charge in [0.25, 0.3) is 0 Å². The minimum atomic E-state index is -4.59. The standard InChI is InChI=1S/C16H11F6NO3S/c1-27(24,25)26-23-14(10-2-6-12(7-3-10)15(17,18)19)11-4-8-13(9-5-11)16(20,21)22/h2-9H,1H3. The number of rotatable bonds is 4. The quantitative estimate of drug-likeness (QED) is 0.424. The summed E-state index contributed by atoms with van der Waals surface area (Å²) in [5, 5.41) is 3.39. The lowest BCUT2D eigenvalue weighted by Crippen LogP contribution is -2.10. The fourth-order valence-corrected chi connectivity index (χ4v) is 2.22. The third-order valence-electron chi connectivity index (χ3n) is 3.24. The molecule has 0 bridgehead atoms. The molecular weight excluding hydrogens is 400 g/mol. The fraction of sp³-hybridized carbons (Fsp3) is 0.188. The zero-order valence-corrected chi connectivity index (χ0v) is 14.3. The van der Waals surface area contributed by atoms with Crippen LogP contribution in [0, 0.1) is 0 Å². The summed E-state index contributed by atoms with van der Waals surface area (Å²) in [7, 11) is -4.05. The zero-order valence-electron chi connectivity index (χ0n) is 13.5. The van der Waals surface area contributed by atoms with Gasteiger partial charge in [0.15, 0.2) is 0 Å². The van der Waals surface area contributed by atoms with Crippen molar-refractivity contribution in [3.8, 4) is 0 Å². The van der Waals surface area contributed by atoms with Crippen molar-refractivity contribution < 1.29 is 39.0 Å². The van der Waals surface area contributed by atoms with Crippen molar-refractivity contribution in [2.24, 2.45) is 5.16 Å². The lowest BCUT2D eigenvalue weighted by Gasteiger charge is -2.11. The Labute approximate surface area is 150 Å². The number of alkyl halides is 6. The SMILES string of the molecule is CS(=O)(=O)ON=C(c1ccc(C(F)(F)F)cc1)c1ccc(C(F)(F)F)cc1. The predicted octanol–water partition coefficient (Wildman–Crippen LogP) is 4.45. The van der Waals surface area contributed by atoms with Gasteiger partial charge >= 0.3 is 22.5 Å². The molecule has 2 aromatic carbocycles. The minimum Gasteiger partial charge on any atom is -0.268 e. The maximum absolute atomic E-state index is 12.7. The van der Waals surface area contributed by atoms with Gasteiger partial charge < -0.3 is 0 Å². The Morgan fingerprint density at radius 2 is 1.11 bits per heavy atom. The second-order valence-corrected chi connectivity index (χ2v) is 6.93. The Morgan fingerprint density at radius 3 is 1.37 bits per heavy atom. The van der Waals surface area contributed by atoms with Crippen LogP contribution in [0.4, 0.5) is 26.3 Å². The first-order valence-corrected chi connectivity index (χ1v) is 8.91. The van der Waals surface area contributed by atoms with Gasteiger partial charge in [-0.1, -0.05) is 29.4 Å². The topological polar surface area (TPSA) is 55.7 Å². The number of benzene rings is 2. The van der Waals surface area contributed by atoms with Crippen molar-refractivity contribution in [3.05, 3.63) is 70.8 Å². The molecule has 27 heavy (non-hydrogen) atoms. The van der Waals surface area contributed by atoms with Crippen molar-refractivity contribution in [3.63, 3.8) is 0 Å². The molecule has 0 aliphatic carbocycles. The van der Waals surface area contributed by atoms with Crippen molar-refractivity contribution in [1.82, 2.24) is 0 Å². The monoisotopic (exact) mass is 411 g/mol. The molecule has 0 radical (unpaired) electrons. The van der Waals surface area contributed by atoms with Crippen molar-refractivity contribution in [2.45, 2.75) is 12.4 Å². The first-order valence-electron chi connectivity index (χ1n) is 7.09. The van der Waals surface area contributed by atoms with Gasteiger partial charge in [-0.25, -0.2) is 0 Å². The Kier molecular flexibility index (Phi) is 5.55. The van der Waals surface area contributed by atoms with Crippen LogP contribution < -0.4 is 0 Å². The maximum Gasteiger partial charge on any atom is 0.416 e. The highest BCUT2D eigenvalue weighted by Crippen LogP contribution is 2.31. The van der Waals surface area contributed by atoms with E-state index in [1.54, 1.807) is 0 Å². The Hall–Kier alpha value is -2.56. The molecule has 0 saturated carbocycles. The number of halogens is 6. The van der Waals surface area contributed by atoms with E-state index in [1.165, 1.54) is 0 Å². The van der Waals surface area contributed by atoms with Crippen LogP contribution in [0.3, 0.4) is 0 Å². The van der Waals surface area contributed by atoms with E-state index in [1.807, 2.05) is 0 Å². The molecule has 2 aromatic rings. The van der Waals surface area contributed by atoms with Crippen LogP contribution in [-0.2, 0) is 26.8 Å². The van der Waals surface area contributed by atoms with Gasteiger partial charge in [0, 0.05) is 11.1 Å². The summed E-state index contributed by atoms with van der Waals surface area (Å²) in [6, 6.07) is 6.95. The van der Waals surface area contributed by atoms with E-state index < -0.39 is 33.6 Å². The summed E-state index contributed by atoms with van der Waals surface area (Å²) in [6.07, 6.45) is -8.49. The second-order valence-electron chi connectivity index (χ2n) is 5.37. The molecule has 4 nitrogen and oxygen atoms in total. The Bertz CT molecular complexity index is 871. The fourth-order valence-electron chi connectivity index (χ4n) is 2.01. The number of nitrogens with zero attached hydrogens (tertiary/aromatic N) is 1. The highest BCUT2D eigenvalue weighted by molar-refractivity contribution is 7.85. The first-order chi connectivity index (χ1) is 12.3. The van der Waals surface area contributed by atoms with E-state index in [2.05, 4.69) is 9.44 Å². The summed E-state index contributed by atoms with van der Waals surface area (Å²) < 4.78 is 103. The van der Waals surface area contributed by atoms with E-state index in [0.29, 0.717) is 6.26 Å². The maximum atomic E-state index is 12.7. The van der Waals surface area contributed by atoms with E-state index in [0.717, 1.165) is 48.5 Å². The number of hydrogen-bond acceptors (Lipinski definition) is 4. The molecule has 0 atom stereocenters. The summed E-state index contributed by atoms with van der Waals surface area (Å²) >= 11 is 0. The van der Waals surface area contributed by atoms with Gasteiger partial charge in [0.2, 0.25) is 0 Å². The van der Waals surface area contributed by atoms with Crippen LogP contribution in [0.15, 0.2) is 53.7 Å². The third kappa shape index (κ3) is 5.71. The van der Waals surface area contributed by atoms with E-state index in [-0.39, 0.29) is 16.8 Å². The molecule has 146 valence electrons. The second kappa shape index (κ2) is 7.22. The first kappa shape index (κ1) is 20.7. The number of hydrogen-bond donors (Lipinski definition) is 0. The minimum absolute atomic E-state index is 0.0198. The molecule has 0 aliphatic rings. The lowest BCUT2D eigenvalue weighted by molar-refractivity contribution is -0.138. The van der Waals surface area contributed by atoms with Gasteiger partial charge in [-0.05, 0) is 24.3 Å². The smallest absolute Gasteiger partial charge is 0.268 e. The molecule has 0 N–H and O–H groups in total. The van der Waals surface area contributed by atoms with Gasteiger partial charge in [0.1, 0.15) is 5.71 Å². The molecule has 0 aromatic heterocycles. The molecule has 0 aliphatic heterocycles. The zero-order chi connectivity index (χ0) is 20.5. The molecule has 0 spiro atoms.